The molecule has 0 aromatic heterocycles. The second-order valence-electron chi connectivity index (χ2n) is 3.28. The van der Waals surface area contributed by atoms with Crippen LogP contribution in [-0.4, -0.2) is 39.0 Å². The monoisotopic (exact) mass is 215 g/mol. The lowest BCUT2D eigenvalue weighted by Gasteiger charge is -2.26. The molecule has 78 valence electrons. The van der Waals surface area contributed by atoms with E-state index in [0.717, 1.165) is 0 Å². The summed E-state index contributed by atoms with van der Waals surface area (Å²) in [5.41, 5.74) is 0. The van der Waals surface area contributed by atoms with Crippen LogP contribution in [0.3, 0.4) is 0 Å². The van der Waals surface area contributed by atoms with Gasteiger partial charge in [-0.15, -0.1) is 0 Å². The molecular formula is C9H13NO3S. The molecule has 1 aliphatic heterocycles. The molecule has 0 amide bonds. The van der Waals surface area contributed by atoms with Crippen molar-refractivity contribution < 1.29 is 13.2 Å². The summed E-state index contributed by atoms with van der Waals surface area (Å²) in [6.07, 6.45) is 5.84. The third-order valence-electron chi connectivity index (χ3n) is 2.38. The number of morpholine rings is 1. The fourth-order valence-electron chi connectivity index (χ4n) is 1.57. The first-order valence-corrected chi connectivity index (χ1v) is 6.09. The van der Waals surface area contributed by atoms with E-state index in [2.05, 4.69) is 0 Å². The van der Waals surface area contributed by atoms with E-state index >= 15 is 0 Å². The third-order valence-corrected chi connectivity index (χ3v) is 4.39. The molecule has 2 rings (SSSR count). The summed E-state index contributed by atoms with van der Waals surface area (Å²) < 4.78 is 30.5. The molecule has 0 saturated carbocycles. The molecule has 0 N–H and O–H groups in total. The molecule has 0 spiro atoms. The maximum absolute atomic E-state index is 11.9. The highest BCUT2D eigenvalue weighted by Gasteiger charge is 2.28. The van der Waals surface area contributed by atoms with Gasteiger partial charge in [0.15, 0.2) is 0 Å². The molecule has 4 nitrogen and oxygen atoms in total. The maximum atomic E-state index is 11.9. The lowest BCUT2D eigenvalue weighted by atomic mass is 10.5. The van der Waals surface area contributed by atoms with Crippen LogP contribution in [0.5, 0.6) is 0 Å². The van der Waals surface area contributed by atoms with Gasteiger partial charge in [0.1, 0.15) is 0 Å². The molecular weight excluding hydrogens is 202 g/mol. The van der Waals surface area contributed by atoms with Gasteiger partial charge in [-0.3, -0.25) is 0 Å². The van der Waals surface area contributed by atoms with E-state index in [1.54, 1.807) is 12.2 Å². The molecule has 2 aliphatic rings. The number of ether oxygens (including phenoxy) is 1. The molecule has 0 atom stereocenters. The number of nitrogens with zero attached hydrogens (tertiary/aromatic N) is 1. The predicted molar refractivity (Wildman–Crippen MR) is 53.2 cm³/mol. The molecule has 1 heterocycles. The van der Waals surface area contributed by atoms with Crippen LogP contribution in [0.2, 0.25) is 0 Å². The summed E-state index contributed by atoms with van der Waals surface area (Å²) in [6, 6.07) is 0. The van der Waals surface area contributed by atoms with Crippen molar-refractivity contribution in [2.24, 2.45) is 0 Å². The molecule has 0 aromatic carbocycles. The van der Waals surface area contributed by atoms with Crippen LogP contribution in [0, 0.1) is 0 Å². The lowest BCUT2D eigenvalue weighted by Crippen LogP contribution is -2.40. The first kappa shape index (κ1) is 9.89. The van der Waals surface area contributed by atoms with Gasteiger partial charge in [0, 0.05) is 19.5 Å². The molecule has 0 radical (unpaired) electrons. The number of hydrogen-bond acceptors (Lipinski definition) is 3. The Balaban J connectivity index is 2.15. The number of sulfonamides is 1. The van der Waals surface area contributed by atoms with Crippen LogP contribution in [0.15, 0.2) is 23.1 Å². The second kappa shape index (κ2) is 3.84. The summed E-state index contributed by atoms with van der Waals surface area (Å²) in [4.78, 5) is 0.499. The highest BCUT2D eigenvalue weighted by atomic mass is 32.2. The Hall–Kier alpha value is -0.650. The summed E-state index contributed by atoms with van der Waals surface area (Å²) in [6.45, 7) is 1.94. The van der Waals surface area contributed by atoms with Gasteiger partial charge >= 0.3 is 0 Å². The van der Waals surface area contributed by atoms with Gasteiger partial charge in [-0.1, -0.05) is 12.2 Å². The van der Waals surface area contributed by atoms with Crippen molar-refractivity contribution in [2.75, 3.05) is 26.3 Å². The van der Waals surface area contributed by atoms with Crippen molar-refractivity contribution in [3.05, 3.63) is 23.1 Å². The quantitative estimate of drug-likeness (QED) is 0.673. The fourth-order valence-corrected chi connectivity index (χ4v) is 3.09. The molecule has 1 aliphatic carbocycles. The molecule has 0 bridgehead atoms. The van der Waals surface area contributed by atoms with Gasteiger partial charge in [-0.25, -0.2) is 8.42 Å². The van der Waals surface area contributed by atoms with E-state index in [0.29, 0.717) is 37.6 Å². The second-order valence-corrected chi connectivity index (χ2v) is 5.27. The Bertz CT molecular complexity index is 364. The van der Waals surface area contributed by atoms with Crippen LogP contribution < -0.4 is 0 Å². The van der Waals surface area contributed by atoms with E-state index < -0.39 is 10.0 Å². The normalized spacial score (nSPS) is 23.9. The summed E-state index contributed by atoms with van der Waals surface area (Å²) in [5, 5.41) is 0. The van der Waals surface area contributed by atoms with Crippen molar-refractivity contribution in [1.29, 1.82) is 0 Å². The smallest absolute Gasteiger partial charge is 0.239 e. The first-order valence-electron chi connectivity index (χ1n) is 4.65. The van der Waals surface area contributed by atoms with E-state index in [-0.39, 0.29) is 0 Å². The SMILES string of the molecule is O=S(=O)(C1=CC=CC1)N1CCOCC1. The molecule has 0 unspecified atom stereocenters. The Labute approximate surface area is 83.9 Å². The Morgan fingerprint density at radius 1 is 1.29 bits per heavy atom. The number of hydrogen-bond donors (Lipinski definition) is 0. The van der Waals surface area contributed by atoms with Crippen molar-refractivity contribution in [3.63, 3.8) is 0 Å². The van der Waals surface area contributed by atoms with Crippen LogP contribution in [-0.2, 0) is 14.8 Å². The van der Waals surface area contributed by atoms with Gasteiger partial charge in [0.25, 0.3) is 0 Å². The average Bonchev–Trinajstić information content (AvgIpc) is 2.72. The minimum Gasteiger partial charge on any atom is -0.379 e. The van der Waals surface area contributed by atoms with Crippen molar-refractivity contribution in [2.45, 2.75) is 6.42 Å². The Morgan fingerprint density at radius 3 is 2.57 bits per heavy atom. The van der Waals surface area contributed by atoms with Crippen LogP contribution in [0.1, 0.15) is 6.42 Å². The predicted octanol–water partition coefficient (Wildman–Crippen LogP) is 0.492. The zero-order valence-electron chi connectivity index (χ0n) is 7.85. The Morgan fingerprint density at radius 2 is 2.00 bits per heavy atom. The third kappa shape index (κ3) is 1.75. The maximum Gasteiger partial charge on any atom is 0.239 e. The van der Waals surface area contributed by atoms with E-state index in [1.807, 2.05) is 6.08 Å². The van der Waals surface area contributed by atoms with Crippen molar-refractivity contribution >= 4 is 10.0 Å². The van der Waals surface area contributed by atoms with Gasteiger partial charge < -0.3 is 4.74 Å². The molecule has 14 heavy (non-hydrogen) atoms. The number of rotatable bonds is 2. The molecule has 1 fully saturated rings. The summed E-state index contributed by atoms with van der Waals surface area (Å²) >= 11 is 0. The summed E-state index contributed by atoms with van der Waals surface area (Å²) in [5.74, 6) is 0. The van der Waals surface area contributed by atoms with Gasteiger partial charge in [-0.05, 0) is 6.08 Å². The topological polar surface area (TPSA) is 46.6 Å². The van der Waals surface area contributed by atoms with Gasteiger partial charge in [0.05, 0.1) is 18.1 Å². The zero-order chi connectivity index (χ0) is 10.0. The van der Waals surface area contributed by atoms with Crippen molar-refractivity contribution in [1.82, 2.24) is 4.31 Å². The first-order chi connectivity index (χ1) is 6.71. The highest BCUT2D eigenvalue weighted by molar-refractivity contribution is 7.93. The van der Waals surface area contributed by atoms with E-state index in [1.165, 1.54) is 4.31 Å². The highest BCUT2D eigenvalue weighted by Crippen LogP contribution is 2.21. The zero-order valence-corrected chi connectivity index (χ0v) is 8.66. The lowest BCUT2D eigenvalue weighted by molar-refractivity contribution is 0.0734. The summed E-state index contributed by atoms with van der Waals surface area (Å²) in [7, 11) is -3.21. The average molecular weight is 215 g/mol. The minimum atomic E-state index is -3.21. The minimum absolute atomic E-state index is 0.472. The van der Waals surface area contributed by atoms with E-state index in [9.17, 15) is 8.42 Å². The standard InChI is InChI=1S/C9H13NO3S/c11-14(12,9-3-1-2-4-9)10-5-7-13-8-6-10/h1-3H,4-8H2. The van der Waals surface area contributed by atoms with Crippen LogP contribution in [0.25, 0.3) is 0 Å². The largest absolute Gasteiger partial charge is 0.379 e. The van der Waals surface area contributed by atoms with Crippen molar-refractivity contribution in [3.8, 4) is 0 Å². The molecule has 1 saturated heterocycles. The molecule has 5 heteroatoms. The Kier molecular flexibility index (Phi) is 2.71. The molecule has 0 aromatic rings. The van der Waals surface area contributed by atoms with E-state index in [4.69, 9.17) is 4.74 Å². The van der Waals surface area contributed by atoms with Gasteiger partial charge in [-0.2, -0.15) is 4.31 Å². The van der Waals surface area contributed by atoms with Crippen LogP contribution >= 0.6 is 0 Å². The fraction of sp³-hybridized carbons (Fsp3) is 0.556. The van der Waals surface area contributed by atoms with Crippen LogP contribution in [0.4, 0.5) is 0 Å². The number of allylic oxidation sites excluding steroid dienone is 4. The van der Waals surface area contributed by atoms with Gasteiger partial charge in [0.2, 0.25) is 10.0 Å².